The third kappa shape index (κ3) is 4.24. The highest BCUT2D eigenvalue weighted by atomic mass is 19.4. The van der Waals surface area contributed by atoms with E-state index < -0.39 is 12.1 Å². The Bertz CT molecular complexity index is 1150. The van der Waals surface area contributed by atoms with E-state index in [0.717, 1.165) is 24.3 Å². The Morgan fingerprint density at radius 3 is 2.42 bits per heavy atom. The van der Waals surface area contributed by atoms with Gasteiger partial charge in [-0.15, -0.1) is 0 Å². The third-order valence-electron chi connectivity index (χ3n) is 6.16. The quantitative estimate of drug-likeness (QED) is 0.586. The Morgan fingerprint density at radius 1 is 1.00 bits per heavy atom. The number of fused-ring (bicyclic) bond motifs is 1. The topological polar surface area (TPSA) is 74.5 Å². The van der Waals surface area contributed by atoms with Gasteiger partial charge in [0.2, 0.25) is 0 Å². The molecule has 10 heteroatoms. The second-order valence-electron chi connectivity index (χ2n) is 8.19. The van der Waals surface area contributed by atoms with Gasteiger partial charge in [-0.25, -0.2) is 4.79 Å². The van der Waals surface area contributed by atoms with E-state index >= 15 is 0 Å². The van der Waals surface area contributed by atoms with Crippen molar-refractivity contribution in [3.8, 4) is 0 Å². The Labute approximate surface area is 188 Å². The maximum Gasteiger partial charge on any atom is 0.471 e. The first kappa shape index (κ1) is 21.3. The normalized spacial score (nSPS) is 16.7. The van der Waals surface area contributed by atoms with Gasteiger partial charge >= 0.3 is 18.1 Å². The molecule has 3 heterocycles. The van der Waals surface area contributed by atoms with Crippen molar-refractivity contribution in [1.29, 1.82) is 0 Å². The molecule has 1 fully saturated rings. The minimum atomic E-state index is -4.66. The first-order chi connectivity index (χ1) is 15.9. The van der Waals surface area contributed by atoms with Gasteiger partial charge in [-0.2, -0.15) is 18.2 Å². The number of benzene rings is 2. The molecule has 3 aromatic rings. The molecule has 33 heavy (non-hydrogen) atoms. The van der Waals surface area contributed by atoms with Crippen molar-refractivity contribution < 1.29 is 22.5 Å². The lowest BCUT2D eigenvalue weighted by Crippen LogP contribution is -2.41. The number of carbonyl (C=O) groups is 1. The molecule has 2 aliphatic heterocycles. The van der Waals surface area contributed by atoms with E-state index in [1.54, 1.807) is 4.90 Å². The number of carbonyl (C=O) groups excluding carboxylic acids is 1. The van der Waals surface area contributed by atoms with Crippen molar-refractivity contribution in [2.75, 3.05) is 29.9 Å². The summed E-state index contributed by atoms with van der Waals surface area (Å²) in [5.74, 6) is -1.57. The van der Waals surface area contributed by atoms with E-state index in [2.05, 4.69) is 37.0 Å². The Balaban J connectivity index is 1.24. The summed E-state index contributed by atoms with van der Waals surface area (Å²) in [6.07, 6.45) is -2.79. The largest absolute Gasteiger partial charge is 0.471 e. The SMILES string of the molecule is O=C(Nc1ccccc1N1CCc2ccccc21)N1CCC(c2noc(C(F)(F)F)n2)CC1. The molecule has 2 aliphatic rings. The van der Waals surface area contributed by atoms with Crippen LogP contribution in [0.3, 0.4) is 0 Å². The Morgan fingerprint density at radius 2 is 1.70 bits per heavy atom. The number of alkyl halides is 3. The smallest absolute Gasteiger partial charge is 0.339 e. The van der Waals surface area contributed by atoms with Crippen molar-refractivity contribution in [2.24, 2.45) is 0 Å². The zero-order chi connectivity index (χ0) is 23.0. The van der Waals surface area contributed by atoms with E-state index in [0.29, 0.717) is 31.6 Å². The van der Waals surface area contributed by atoms with Crippen molar-refractivity contribution in [3.05, 3.63) is 65.8 Å². The molecule has 1 N–H and O–H groups in total. The minimum absolute atomic E-state index is 0.0421. The van der Waals surface area contributed by atoms with Crippen LogP contribution in [0.25, 0.3) is 0 Å². The van der Waals surface area contributed by atoms with Crippen molar-refractivity contribution in [1.82, 2.24) is 15.0 Å². The Hall–Kier alpha value is -3.56. The number of nitrogens with one attached hydrogen (secondary N) is 1. The summed E-state index contributed by atoms with van der Waals surface area (Å²) < 4.78 is 42.5. The number of piperidine rings is 1. The lowest BCUT2D eigenvalue weighted by atomic mass is 9.96. The van der Waals surface area contributed by atoms with Gasteiger partial charge in [-0.1, -0.05) is 35.5 Å². The summed E-state index contributed by atoms with van der Waals surface area (Å²) in [5.41, 5.74) is 4.06. The standard InChI is InChI=1S/C23H22F3N5O2/c24-23(25,26)21-28-20(29-33-21)16-9-12-30(13-10-16)22(32)27-17-6-2-4-8-19(17)31-14-11-15-5-1-3-7-18(15)31/h1-8,16H,9-14H2,(H,27,32). The second-order valence-corrected chi connectivity index (χ2v) is 8.19. The van der Waals surface area contributed by atoms with Gasteiger partial charge in [0.25, 0.3) is 0 Å². The van der Waals surface area contributed by atoms with Gasteiger partial charge in [0.1, 0.15) is 0 Å². The Kier molecular flexibility index (Phi) is 5.43. The van der Waals surface area contributed by atoms with Crippen LogP contribution in [0.4, 0.5) is 35.0 Å². The molecule has 0 unspecified atom stereocenters. The summed E-state index contributed by atoms with van der Waals surface area (Å²) in [7, 11) is 0. The van der Waals surface area contributed by atoms with Crippen LogP contribution >= 0.6 is 0 Å². The van der Waals surface area contributed by atoms with E-state index in [9.17, 15) is 18.0 Å². The van der Waals surface area contributed by atoms with E-state index in [-0.39, 0.29) is 17.8 Å². The fourth-order valence-corrected chi connectivity index (χ4v) is 4.45. The van der Waals surface area contributed by atoms with Gasteiger partial charge < -0.3 is 19.6 Å². The maximum atomic E-state index is 13.0. The molecule has 0 aliphatic carbocycles. The zero-order valence-electron chi connectivity index (χ0n) is 17.7. The summed E-state index contributed by atoms with van der Waals surface area (Å²) in [6.45, 7) is 1.62. The molecular formula is C23H22F3N5O2. The van der Waals surface area contributed by atoms with Gasteiger partial charge in [-0.3, -0.25) is 0 Å². The number of urea groups is 1. The van der Waals surface area contributed by atoms with Crippen molar-refractivity contribution in [2.45, 2.75) is 31.4 Å². The molecule has 172 valence electrons. The van der Waals surface area contributed by atoms with Crippen LogP contribution in [0.5, 0.6) is 0 Å². The molecule has 0 saturated carbocycles. The molecule has 2 amide bonds. The first-order valence-corrected chi connectivity index (χ1v) is 10.8. The van der Waals surface area contributed by atoms with Crippen LogP contribution < -0.4 is 10.2 Å². The number of likely N-dealkylation sites (tertiary alicyclic amines) is 1. The van der Waals surface area contributed by atoms with Crippen LogP contribution in [0, 0.1) is 0 Å². The molecule has 7 nitrogen and oxygen atoms in total. The molecule has 0 radical (unpaired) electrons. The van der Waals surface area contributed by atoms with Crippen LogP contribution in [-0.2, 0) is 12.6 Å². The molecular weight excluding hydrogens is 435 g/mol. The molecule has 0 spiro atoms. The number of hydrogen-bond acceptors (Lipinski definition) is 5. The lowest BCUT2D eigenvalue weighted by molar-refractivity contribution is -0.159. The molecule has 1 saturated heterocycles. The first-order valence-electron chi connectivity index (χ1n) is 10.8. The number of rotatable bonds is 3. The summed E-state index contributed by atoms with van der Waals surface area (Å²) >= 11 is 0. The third-order valence-corrected chi connectivity index (χ3v) is 6.16. The van der Waals surface area contributed by atoms with E-state index in [1.807, 2.05) is 36.4 Å². The summed E-state index contributed by atoms with van der Waals surface area (Å²) in [5, 5.41) is 6.50. The predicted octanol–water partition coefficient (Wildman–Crippen LogP) is 5.19. The highest BCUT2D eigenvalue weighted by Crippen LogP contribution is 2.38. The average molecular weight is 457 g/mol. The molecule has 5 rings (SSSR count). The summed E-state index contributed by atoms with van der Waals surface area (Å²) in [6, 6.07) is 15.7. The van der Waals surface area contributed by atoms with Crippen LogP contribution in [-0.4, -0.2) is 40.7 Å². The molecule has 2 aromatic carbocycles. The van der Waals surface area contributed by atoms with Gasteiger partial charge in [0.05, 0.1) is 11.4 Å². The van der Waals surface area contributed by atoms with Gasteiger partial charge in [0, 0.05) is 31.2 Å². The van der Waals surface area contributed by atoms with E-state index in [1.165, 1.54) is 5.56 Å². The number of aromatic nitrogens is 2. The number of hydrogen-bond donors (Lipinski definition) is 1. The number of halogens is 3. The minimum Gasteiger partial charge on any atom is -0.339 e. The predicted molar refractivity (Wildman–Crippen MR) is 115 cm³/mol. The van der Waals surface area contributed by atoms with Gasteiger partial charge in [0.15, 0.2) is 5.82 Å². The fourth-order valence-electron chi connectivity index (χ4n) is 4.45. The highest BCUT2D eigenvalue weighted by molar-refractivity contribution is 5.94. The fraction of sp³-hybridized carbons (Fsp3) is 0.348. The van der Waals surface area contributed by atoms with Crippen LogP contribution in [0.15, 0.2) is 53.1 Å². The molecule has 1 aromatic heterocycles. The zero-order valence-corrected chi connectivity index (χ0v) is 17.7. The molecule has 0 atom stereocenters. The average Bonchev–Trinajstić information content (AvgIpc) is 3.47. The van der Waals surface area contributed by atoms with Crippen LogP contribution in [0.1, 0.15) is 36.0 Å². The summed E-state index contributed by atoms with van der Waals surface area (Å²) in [4.78, 5) is 20.3. The number of para-hydroxylation sites is 3. The van der Waals surface area contributed by atoms with E-state index in [4.69, 9.17) is 0 Å². The number of anilines is 3. The highest BCUT2D eigenvalue weighted by Gasteiger charge is 2.39. The second kappa shape index (κ2) is 8.42. The number of amides is 2. The lowest BCUT2D eigenvalue weighted by Gasteiger charge is -2.31. The van der Waals surface area contributed by atoms with Gasteiger partial charge in [-0.05, 0) is 43.0 Å². The van der Waals surface area contributed by atoms with Crippen molar-refractivity contribution in [3.63, 3.8) is 0 Å². The number of nitrogens with zero attached hydrogens (tertiary/aromatic N) is 4. The van der Waals surface area contributed by atoms with Crippen LogP contribution in [0.2, 0.25) is 0 Å². The van der Waals surface area contributed by atoms with Crippen molar-refractivity contribution >= 4 is 23.1 Å². The molecule has 0 bridgehead atoms. The monoisotopic (exact) mass is 457 g/mol. The maximum absolute atomic E-state index is 13.0.